The Labute approximate surface area is 304 Å². The molecule has 0 aliphatic carbocycles. The first kappa shape index (κ1) is 34.8. The number of fused-ring (bicyclic) bond motifs is 12. The molecule has 11 fully saturated rings. The van der Waals surface area contributed by atoms with E-state index in [4.69, 9.17) is 74.5 Å². The van der Waals surface area contributed by atoms with Crippen LogP contribution < -0.4 is 0 Å². The Bertz CT molecular complexity index is 1250. The van der Waals surface area contributed by atoms with Crippen LogP contribution in [0.25, 0.3) is 0 Å². The minimum absolute atomic E-state index is 0.0972. The highest BCUT2D eigenvalue weighted by molar-refractivity contribution is 6.55. The van der Waals surface area contributed by atoms with Gasteiger partial charge in [-0.05, 0) is 104 Å². The fraction of sp³-hybridized carbons (Fsp3) is 1.00. The minimum Gasteiger partial charge on any atom is -0.518 e. The van der Waals surface area contributed by atoms with Crippen molar-refractivity contribution in [3.05, 3.63) is 0 Å². The van der Waals surface area contributed by atoms with E-state index in [-0.39, 0.29) is 85.5 Å². The molecule has 11 rings (SSSR count). The van der Waals surface area contributed by atoms with Gasteiger partial charge in [0.2, 0.25) is 0 Å². The fourth-order valence-corrected chi connectivity index (χ4v) is 11.2. The Morgan fingerprint density at radius 2 is 0.500 bits per heavy atom. The predicted octanol–water partition coefficient (Wildman–Crippen LogP) is 2.81. The zero-order valence-electron chi connectivity index (χ0n) is 30.2. The van der Waals surface area contributed by atoms with Crippen molar-refractivity contribution in [2.75, 3.05) is 13.2 Å². The molecule has 16 bridgehead atoms. The lowest BCUT2D eigenvalue weighted by molar-refractivity contribution is -0.222. The van der Waals surface area contributed by atoms with E-state index >= 15 is 0 Å². The lowest BCUT2D eigenvalue weighted by Crippen LogP contribution is -2.69. The molecule has 14 unspecified atom stereocenters. The summed E-state index contributed by atoms with van der Waals surface area (Å²) in [5, 5.41) is 0. The molecule has 0 N–H and O–H groups in total. The van der Waals surface area contributed by atoms with Crippen LogP contribution in [0.1, 0.15) is 104 Å². The van der Waals surface area contributed by atoms with Crippen molar-refractivity contribution >= 4 is 27.8 Å². The molecule has 11 aliphatic heterocycles. The van der Waals surface area contributed by atoms with Crippen LogP contribution in [0.5, 0.6) is 0 Å². The largest absolute Gasteiger partial charge is 0.532 e. The van der Waals surface area contributed by atoms with E-state index in [1.54, 1.807) is 0 Å². The van der Waals surface area contributed by atoms with Crippen molar-refractivity contribution in [2.24, 2.45) is 0 Å². The Balaban J connectivity index is 0.949. The number of hydrogen-bond donors (Lipinski definition) is 0. The molecule has 14 atom stereocenters. The molecule has 52 heavy (non-hydrogen) atoms. The second-order valence-electron chi connectivity index (χ2n) is 17.4. The molecular formula is C32H52B4O16-4. The van der Waals surface area contributed by atoms with Crippen molar-refractivity contribution < 1.29 is 74.5 Å². The van der Waals surface area contributed by atoms with Crippen molar-refractivity contribution in [3.8, 4) is 0 Å². The molecule has 0 aromatic rings. The maximum Gasteiger partial charge on any atom is 0.532 e. The first-order chi connectivity index (χ1) is 25.1. The van der Waals surface area contributed by atoms with Gasteiger partial charge in [-0.1, -0.05) is 0 Å². The molecular weight excluding hydrogens is 684 g/mol. The molecule has 16 nitrogen and oxygen atoms in total. The third kappa shape index (κ3) is 6.77. The van der Waals surface area contributed by atoms with Gasteiger partial charge < -0.3 is 74.5 Å². The van der Waals surface area contributed by atoms with Crippen LogP contribution in [0.2, 0.25) is 0 Å². The highest BCUT2D eigenvalue weighted by atomic mass is 16.9. The van der Waals surface area contributed by atoms with Crippen molar-refractivity contribution in [3.63, 3.8) is 0 Å². The molecule has 11 aliphatic rings. The van der Waals surface area contributed by atoms with Crippen LogP contribution in [0.15, 0.2) is 0 Å². The van der Waals surface area contributed by atoms with Crippen LogP contribution in [-0.4, -0.2) is 126 Å². The standard InChI is InChI=1S/C32H52B4O16/c1-19-7-23-11-27-15-31-17-29-13-25-9-21-3-5-37-33(41-21)38-6-4-22(42-33)10-26-14-30(50-35(45-25,46-26)49-29)18-32-16-28(48-36(47-27,51-31)52-32)12-24-8-20(2)40-34(39-19,43-23)44-24/h19-32H,3-18H2,1-2H3/q-4. The Kier molecular flexibility index (Phi) is 8.76. The van der Waals surface area contributed by atoms with Gasteiger partial charge in [-0.2, -0.15) is 0 Å². The van der Waals surface area contributed by atoms with Crippen LogP contribution in [0.3, 0.4) is 0 Å². The van der Waals surface area contributed by atoms with Crippen LogP contribution in [-0.2, 0) is 74.5 Å². The second kappa shape index (κ2) is 13.1. The van der Waals surface area contributed by atoms with Gasteiger partial charge >= 0.3 is 27.8 Å². The van der Waals surface area contributed by atoms with Crippen LogP contribution in [0, 0.1) is 0 Å². The van der Waals surface area contributed by atoms with Crippen molar-refractivity contribution in [2.45, 2.75) is 189 Å². The van der Waals surface area contributed by atoms with E-state index < -0.39 is 27.8 Å². The lowest BCUT2D eigenvalue weighted by atomic mass is 9.81. The molecule has 0 saturated carbocycles. The number of rotatable bonds is 0. The third-order valence-electron chi connectivity index (χ3n) is 13.1. The van der Waals surface area contributed by atoms with Crippen LogP contribution in [0.4, 0.5) is 0 Å². The second-order valence-corrected chi connectivity index (χ2v) is 17.4. The van der Waals surface area contributed by atoms with Crippen LogP contribution >= 0.6 is 0 Å². The van der Waals surface area contributed by atoms with Gasteiger partial charge in [-0.3, -0.25) is 0 Å². The van der Waals surface area contributed by atoms with Crippen molar-refractivity contribution in [1.29, 1.82) is 0 Å². The molecule has 0 aromatic carbocycles. The highest BCUT2D eigenvalue weighted by Crippen LogP contribution is 2.46. The first-order valence-corrected chi connectivity index (χ1v) is 20.4. The van der Waals surface area contributed by atoms with Gasteiger partial charge in [-0.15, -0.1) is 0 Å². The Hall–Kier alpha value is -0.380. The summed E-state index contributed by atoms with van der Waals surface area (Å²) in [5.74, 6) is 0. The molecule has 11 heterocycles. The predicted molar refractivity (Wildman–Crippen MR) is 179 cm³/mol. The molecule has 20 heteroatoms. The monoisotopic (exact) mass is 736 g/mol. The maximum atomic E-state index is 6.88. The van der Waals surface area contributed by atoms with Crippen molar-refractivity contribution in [1.82, 2.24) is 0 Å². The van der Waals surface area contributed by atoms with Gasteiger partial charge in [0.25, 0.3) is 0 Å². The summed E-state index contributed by atoms with van der Waals surface area (Å²) in [6, 6.07) is 0. The minimum atomic E-state index is -2.56. The van der Waals surface area contributed by atoms with E-state index in [1.807, 2.05) is 0 Å². The molecule has 11 saturated heterocycles. The first-order valence-electron chi connectivity index (χ1n) is 20.4. The smallest absolute Gasteiger partial charge is 0.518 e. The SMILES string of the molecule is CC1CC2CC3CC4CC5CC6CC7CCO[B-]8(OCCC(CC9CC(CC%10CC(CC%11CC(C)O[B-](O1)(O2)O%11)O[B-](O3)(O4)O%10)O[B-](O6)(O9)O5)O8)O7. The summed E-state index contributed by atoms with van der Waals surface area (Å²) < 4.78 is 106. The zero-order valence-corrected chi connectivity index (χ0v) is 30.2. The quantitative estimate of drug-likeness (QED) is 0.336. The Morgan fingerprint density at radius 3 is 0.808 bits per heavy atom. The molecule has 0 aromatic heterocycles. The average Bonchev–Trinajstić information content (AvgIpc) is 3.02. The zero-order chi connectivity index (χ0) is 34.7. The lowest BCUT2D eigenvalue weighted by Gasteiger charge is -2.62. The summed E-state index contributed by atoms with van der Waals surface area (Å²) in [5.41, 5.74) is 0. The molecule has 0 amide bonds. The Morgan fingerprint density at radius 1 is 0.269 bits per heavy atom. The molecule has 4 spiro atoms. The fourth-order valence-electron chi connectivity index (χ4n) is 11.2. The van der Waals surface area contributed by atoms with E-state index in [0.29, 0.717) is 103 Å². The highest BCUT2D eigenvalue weighted by Gasteiger charge is 2.56. The third-order valence-corrected chi connectivity index (χ3v) is 13.1. The summed E-state index contributed by atoms with van der Waals surface area (Å²) >= 11 is 0. The summed E-state index contributed by atoms with van der Waals surface area (Å²) in [6.45, 7) is -4.67. The topological polar surface area (TPSA) is 148 Å². The molecule has 292 valence electrons. The van der Waals surface area contributed by atoms with Gasteiger partial charge in [0.15, 0.2) is 0 Å². The van der Waals surface area contributed by atoms with E-state index in [1.165, 1.54) is 0 Å². The maximum absolute atomic E-state index is 6.88. The van der Waals surface area contributed by atoms with E-state index in [9.17, 15) is 0 Å². The van der Waals surface area contributed by atoms with Gasteiger partial charge in [-0.25, -0.2) is 0 Å². The van der Waals surface area contributed by atoms with Gasteiger partial charge in [0.05, 0.1) is 0 Å². The normalized spacial score (nSPS) is 58.7. The average molecular weight is 736 g/mol. The molecule has 0 radical (unpaired) electrons. The van der Waals surface area contributed by atoms with E-state index in [2.05, 4.69) is 13.8 Å². The summed E-state index contributed by atoms with van der Waals surface area (Å²) in [4.78, 5) is 0. The van der Waals surface area contributed by atoms with E-state index in [0.717, 1.165) is 0 Å². The summed E-state index contributed by atoms with van der Waals surface area (Å²) in [7, 11) is 0. The van der Waals surface area contributed by atoms with Gasteiger partial charge in [0, 0.05) is 98.7 Å². The van der Waals surface area contributed by atoms with Gasteiger partial charge in [0.1, 0.15) is 0 Å². The summed E-state index contributed by atoms with van der Waals surface area (Å²) in [6.07, 6.45) is 5.56. The number of hydrogen-bond acceptors (Lipinski definition) is 16.